The van der Waals surface area contributed by atoms with Gasteiger partial charge in [-0.2, -0.15) is 0 Å². The number of rotatable bonds is 8. The first-order valence-corrected chi connectivity index (χ1v) is 8.35. The Morgan fingerprint density at radius 3 is 2.15 bits per heavy atom. The Bertz CT molecular complexity index is 732. The lowest BCUT2D eigenvalue weighted by atomic mass is 10.3. The molecular formula is C19H23N3O4. The van der Waals surface area contributed by atoms with E-state index in [-0.39, 0.29) is 11.9 Å². The quantitative estimate of drug-likeness (QED) is 0.633. The predicted octanol–water partition coefficient (Wildman–Crippen LogP) is 3.24. The highest BCUT2D eigenvalue weighted by Crippen LogP contribution is 2.17. The summed E-state index contributed by atoms with van der Waals surface area (Å²) in [5.41, 5.74) is 1.20. The highest BCUT2D eigenvalue weighted by atomic mass is 16.5. The minimum Gasteiger partial charge on any atom is -0.494 e. The molecule has 0 saturated carbocycles. The smallest absolute Gasteiger partial charge is 0.319 e. The van der Waals surface area contributed by atoms with Crippen LogP contribution in [0.3, 0.4) is 0 Å². The van der Waals surface area contributed by atoms with Crippen molar-refractivity contribution in [3.8, 4) is 11.5 Å². The lowest BCUT2D eigenvalue weighted by Crippen LogP contribution is -2.32. The average molecular weight is 357 g/mol. The molecule has 0 aliphatic carbocycles. The summed E-state index contributed by atoms with van der Waals surface area (Å²) in [6.07, 6.45) is 0. The van der Waals surface area contributed by atoms with Gasteiger partial charge in [0.25, 0.3) is 0 Å². The summed E-state index contributed by atoms with van der Waals surface area (Å²) in [7, 11) is 0. The molecule has 0 bridgehead atoms. The van der Waals surface area contributed by atoms with Crippen LogP contribution in [0.25, 0.3) is 0 Å². The SMILES string of the molecule is CCOc1ccc(OCCNC(=O)Nc2cccc(NC(C)=O)c2)cc1. The molecule has 0 heterocycles. The van der Waals surface area contributed by atoms with Crippen molar-refractivity contribution in [2.24, 2.45) is 0 Å². The average Bonchev–Trinajstić information content (AvgIpc) is 2.60. The minimum absolute atomic E-state index is 0.168. The van der Waals surface area contributed by atoms with Gasteiger partial charge in [-0.1, -0.05) is 6.07 Å². The number of hydrogen-bond acceptors (Lipinski definition) is 4. The number of hydrogen-bond donors (Lipinski definition) is 3. The monoisotopic (exact) mass is 357 g/mol. The predicted molar refractivity (Wildman–Crippen MR) is 101 cm³/mol. The molecule has 3 N–H and O–H groups in total. The van der Waals surface area contributed by atoms with Crippen LogP contribution in [-0.2, 0) is 4.79 Å². The van der Waals surface area contributed by atoms with Crippen LogP contribution in [0, 0.1) is 0 Å². The van der Waals surface area contributed by atoms with Crippen molar-refractivity contribution in [1.29, 1.82) is 0 Å². The molecule has 3 amide bonds. The second-order valence-corrected chi connectivity index (χ2v) is 5.40. The van der Waals surface area contributed by atoms with Crippen molar-refractivity contribution in [2.75, 3.05) is 30.4 Å². The Kier molecular flexibility index (Phi) is 7.30. The van der Waals surface area contributed by atoms with Crippen LogP contribution in [-0.4, -0.2) is 31.7 Å². The Morgan fingerprint density at radius 2 is 1.54 bits per heavy atom. The maximum Gasteiger partial charge on any atom is 0.319 e. The molecule has 7 heteroatoms. The van der Waals surface area contributed by atoms with E-state index < -0.39 is 0 Å². The lowest BCUT2D eigenvalue weighted by molar-refractivity contribution is -0.114. The fraction of sp³-hybridized carbons (Fsp3) is 0.263. The van der Waals surface area contributed by atoms with Crippen LogP contribution in [0.1, 0.15) is 13.8 Å². The minimum atomic E-state index is -0.347. The van der Waals surface area contributed by atoms with E-state index in [1.165, 1.54) is 6.92 Å². The number of urea groups is 1. The van der Waals surface area contributed by atoms with Crippen molar-refractivity contribution in [2.45, 2.75) is 13.8 Å². The van der Waals surface area contributed by atoms with E-state index in [0.717, 1.165) is 5.75 Å². The zero-order valence-electron chi connectivity index (χ0n) is 14.9. The molecule has 0 aliphatic heterocycles. The van der Waals surface area contributed by atoms with Crippen molar-refractivity contribution in [3.63, 3.8) is 0 Å². The first kappa shape index (κ1) is 19.1. The second kappa shape index (κ2) is 9.93. The molecule has 26 heavy (non-hydrogen) atoms. The van der Waals surface area contributed by atoms with Gasteiger partial charge in [-0.25, -0.2) is 4.79 Å². The third-order valence-electron chi connectivity index (χ3n) is 3.23. The van der Waals surface area contributed by atoms with Gasteiger partial charge in [0.15, 0.2) is 0 Å². The number of anilines is 2. The fourth-order valence-corrected chi connectivity index (χ4v) is 2.19. The van der Waals surface area contributed by atoms with E-state index in [4.69, 9.17) is 9.47 Å². The summed E-state index contributed by atoms with van der Waals surface area (Å²) >= 11 is 0. The van der Waals surface area contributed by atoms with E-state index in [2.05, 4.69) is 16.0 Å². The molecule has 0 spiro atoms. The summed E-state index contributed by atoms with van der Waals surface area (Å²) in [6, 6.07) is 13.9. The van der Waals surface area contributed by atoms with Crippen molar-refractivity contribution < 1.29 is 19.1 Å². The third-order valence-corrected chi connectivity index (χ3v) is 3.23. The molecular weight excluding hydrogens is 334 g/mol. The molecule has 0 unspecified atom stereocenters. The van der Waals surface area contributed by atoms with E-state index in [1.54, 1.807) is 24.3 Å². The first-order chi connectivity index (χ1) is 12.6. The van der Waals surface area contributed by atoms with Crippen LogP contribution < -0.4 is 25.4 Å². The van der Waals surface area contributed by atoms with E-state index in [9.17, 15) is 9.59 Å². The van der Waals surface area contributed by atoms with Gasteiger partial charge in [-0.15, -0.1) is 0 Å². The van der Waals surface area contributed by atoms with Crippen molar-refractivity contribution >= 4 is 23.3 Å². The summed E-state index contributed by atoms with van der Waals surface area (Å²) in [5.74, 6) is 1.33. The molecule has 7 nitrogen and oxygen atoms in total. The van der Waals surface area contributed by atoms with E-state index in [0.29, 0.717) is 36.9 Å². The molecule has 138 valence electrons. The van der Waals surface area contributed by atoms with Gasteiger partial charge < -0.3 is 25.4 Å². The standard InChI is InChI=1S/C19H23N3O4/c1-3-25-17-7-9-18(10-8-17)26-12-11-20-19(24)22-16-6-4-5-15(13-16)21-14(2)23/h4-10,13H,3,11-12H2,1-2H3,(H,21,23)(H2,20,22,24). The zero-order valence-corrected chi connectivity index (χ0v) is 14.9. The Labute approximate surface area is 152 Å². The van der Waals surface area contributed by atoms with Gasteiger partial charge in [-0.05, 0) is 49.4 Å². The topological polar surface area (TPSA) is 88.7 Å². The number of carbonyl (C=O) groups is 2. The zero-order chi connectivity index (χ0) is 18.8. The summed E-state index contributed by atoms with van der Waals surface area (Å²) in [6.45, 7) is 4.67. The van der Waals surface area contributed by atoms with Gasteiger partial charge >= 0.3 is 6.03 Å². The molecule has 2 aromatic carbocycles. The molecule has 0 radical (unpaired) electrons. The Hall–Kier alpha value is -3.22. The third kappa shape index (κ3) is 6.72. The second-order valence-electron chi connectivity index (χ2n) is 5.40. The summed E-state index contributed by atoms with van der Waals surface area (Å²) in [4.78, 5) is 22.9. The van der Waals surface area contributed by atoms with Crippen LogP contribution in [0.5, 0.6) is 11.5 Å². The van der Waals surface area contributed by atoms with Crippen LogP contribution in [0.15, 0.2) is 48.5 Å². The van der Waals surface area contributed by atoms with Crippen LogP contribution >= 0.6 is 0 Å². The van der Waals surface area contributed by atoms with Gasteiger partial charge in [0.1, 0.15) is 18.1 Å². The van der Waals surface area contributed by atoms with Crippen LogP contribution in [0.4, 0.5) is 16.2 Å². The maximum absolute atomic E-state index is 11.9. The number of ether oxygens (including phenoxy) is 2. The largest absolute Gasteiger partial charge is 0.494 e. The summed E-state index contributed by atoms with van der Waals surface area (Å²) < 4.78 is 10.9. The Balaban J connectivity index is 1.71. The fourth-order valence-electron chi connectivity index (χ4n) is 2.19. The molecule has 0 fully saturated rings. The molecule has 2 rings (SSSR count). The van der Waals surface area contributed by atoms with Crippen molar-refractivity contribution in [1.82, 2.24) is 5.32 Å². The Morgan fingerprint density at radius 1 is 0.923 bits per heavy atom. The van der Waals surface area contributed by atoms with Crippen LogP contribution in [0.2, 0.25) is 0 Å². The number of benzene rings is 2. The molecule has 0 aliphatic rings. The maximum atomic E-state index is 11.9. The lowest BCUT2D eigenvalue weighted by Gasteiger charge is -2.10. The van der Waals surface area contributed by atoms with E-state index in [1.807, 2.05) is 31.2 Å². The molecule has 0 aromatic heterocycles. The molecule has 0 saturated heterocycles. The van der Waals surface area contributed by atoms with E-state index >= 15 is 0 Å². The normalized spacial score (nSPS) is 9.92. The van der Waals surface area contributed by atoms with Gasteiger partial charge in [0, 0.05) is 18.3 Å². The highest BCUT2D eigenvalue weighted by Gasteiger charge is 2.03. The molecule has 2 aromatic rings. The number of amides is 3. The molecule has 0 atom stereocenters. The summed E-state index contributed by atoms with van der Waals surface area (Å²) in [5, 5.41) is 8.07. The highest BCUT2D eigenvalue weighted by molar-refractivity contribution is 5.92. The van der Waals surface area contributed by atoms with Gasteiger partial charge in [-0.3, -0.25) is 4.79 Å². The first-order valence-electron chi connectivity index (χ1n) is 8.35. The van der Waals surface area contributed by atoms with Gasteiger partial charge in [0.2, 0.25) is 5.91 Å². The van der Waals surface area contributed by atoms with Gasteiger partial charge in [0.05, 0.1) is 13.2 Å². The number of nitrogens with one attached hydrogen (secondary N) is 3. The van der Waals surface area contributed by atoms with Crippen molar-refractivity contribution in [3.05, 3.63) is 48.5 Å². The number of carbonyl (C=O) groups excluding carboxylic acids is 2.